The Morgan fingerprint density at radius 1 is 1.17 bits per heavy atom. The van der Waals surface area contributed by atoms with Crippen LogP contribution in [0.5, 0.6) is 0 Å². The molecule has 11 heteroatoms. The van der Waals surface area contributed by atoms with Crippen LogP contribution in [0.3, 0.4) is 0 Å². The number of esters is 1. The van der Waals surface area contributed by atoms with Gasteiger partial charge in [0.05, 0.1) is 31.1 Å². The lowest BCUT2D eigenvalue weighted by Crippen LogP contribution is -2.46. The van der Waals surface area contributed by atoms with Gasteiger partial charge in [-0.1, -0.05) is 52.0 Å². The normalized spacial score (nSPS) is 14.4. The van der Waals surface area contributed by atoms with Crippen molar-refractivity contribution < 1.29 is 37.8 Å². The topological polar surface area (TPSA) is 150 Å². The maximum absolute atomic E-state index is 13.0. The molecule has 0 aliphatic carbocycles. The van der Waals surface area contributed by atoms with Crippen LogP contribution in [0.2, 0.25) is 0 Å². The third-order valence-corrected chi connectivity index (χ3v) is 8.34. The Hall–Kier alpha value is -2.66. The van der Waals surface area contributed by atoms with Crippen LogP contribution < -0.4 is 5.43 Å². The summed E-state index contributed by atoms with van der Waals surface area (Å²) in [5, 5.41) is 18.9. The van der Waals surface area contributed by atoms with E-state index in [0.29, 0.717) is 24.3 Å². The number of carbonyl (C=O) groups excluding carboxylic acids is 2. The predicted molar refractivity (Wildman–Crippen MR) is 136 cm³/mol. The summed E-state index contributed by atoms with van der Waals surface area (Å²) >= 11 is 0. The molecule has 0 fully saturated rings. The second-order valence-electron chi connectivity index (χ2n) is 10.1. The number of carboxylic acid groups (broad SMARTS) is 1. The van der Waals surface area contributed by atoms with Gasteiger partial charge >= 0.3 is 12.1 Å². The van der Waals surface area contributed by atoms with Crippen molar-refractivity contribution in [3.8, 4) is 0 Å². The molecule has 204 valence electrons. The number of rotatable bonds is 13. The first kappa shape index (κ1) is 31.4. The van der Waals surface area contributed by atoms with Gasteiger partial charge in [0.15, 0.2) is 9.84 Å². The lowest BCUT2D eigenvalue weighted by atomic mass is 9.76. The Labute approximate surface area is 213 Å². The van der Waals surface area contributed by atoms with Gasteiger partial charge in [-0.25, -0.2) is 18.2 Å². The van der Waals surface area contributed by atoms with Crippen LogP contribution in [0.1, 0.15) is 57.6 Å². The van der Waals surface area contributed by atoms with Crippen LogP contribution in [0.4, 0.5) is 4.79 Å². The minimum absolute atomic E-state index is 0.114. The van der Waals surface area contributed by atoms with Gasteiger partial charge < -0.3 is 14.9 Å². The van der Waals surface area contributed by atoms with Crippen molar-refractivity contribution in [2.24, 2.45) is 17.3 Å². The molecule has 2 amide bonds. The van der Waals surface area contributed by atoms with E-state index in [2.05, 4.69) is 5.43 Å². The van der Waals surface area contributed by atoms with Crippen LogP contribution in [0.15, 0.2) is 24.3 Å². The van der Waals surface area contributed by atoms with E-state index in [-0.39, 0.29) is 23.4 Å². The molecule has 10 nitrogen and oxygen atoms in total. The first-order valence-electron chi connectivity index (χ1n) is 11.9. The number of aliphatic hydroxyl groups excluding tert-OH is 1. The van der Waals surface area contributed by atoms with Crippen molar-refractivity contribution >= 4 is 27.8 Å². The van der Waals surface area contributed by atoms with Gasteiger partial charge in [-0.2, -0.15) is 0 Å². The molecule has 1 aromatic rings. The lowest BCUT2D eigenvalue weighted by molar-refractivity contribution is -0.144. The second-order valence-corrected chi connectivity index (χ2v) is 12.2. The molecule has 0 aliphatic heterocycles. The standard InChI is InChI=1S/C25H40N2O8S/c1-17(23(30)35-6)15-19-9-7-8-10-21(19)20(18(2)22(29)26-27(5)24(31)32)11-12-25(3,4)16-36(33,34)14-13-28/h7-10,17-18,20,28H,11-16H2,1-6H3,(H,26,29)(H,31,32)/t17-,18-,20?/m1/s1. The van der Waals surface area contributed by atoms with E-state index in [0.717, 1.165) is 11.1 Å². The van der Waals surface area contributed by atoms with Crippen LogP contribution in [0.25, 0.3) is 0 Å². The highest BCUT2D eigenvalue weighted by Crippen LogP contribution is 2.37. The highest BCUT2D eigenvalue weighted by atomic mass is 32.2. The highest BCUT2D eigenvalue weighted by molar-refractivity contribution is 7.91. The maximum atomic E-state index is 13.0. The van der Waals surface area contributed by atoms with Crippen molar-refractivity contribution in [2.45, 2.75) is 52.9 Å². The van der Waals surface area contributed by atoms with Crippen molar-refractivity contribution in [1.29, 1.82) is 0 Å². The number of hydrogen-bond acceptors (Lipinski definition) is 7. The summed E-state index contributed by atoms with van der Waals surface area (Å²) < 4.78 is 29.5. The quantitative estimate of drug-likeness (QED) is 0.261. The molecular weight excluding hydrogens is 488 g/mol. The van der Waals surface area contributed by atoms with E-state index < -0.39 is 45.7 Å². The van der Waals surface area contributed by atoms with Gasteiger partial charge in [0, 0.05) is 13.0 Å². The fourth-order valence-electron chi connectivity index (χ4n) is 4.29. The summed E-state index contributed by atoms with van der Waals surface area (Å²) in [6.45, 7) is 6.66. The number of aliphatic hydroxyl groups is 1. The Kier molecular flexibility index (Phi) is 11.8. The number of nitrogens with one attached hydrogen (secondary N) is 1. The zero-order valence-corrected chi connectivity index (χ0v) is 22.8. The molecule has 0 saturated heterocycles. The van der Waals surface area contributed by atoms with E-state index >= 15 is 0 Å². The molecule has 1 rings (SSSR count). The monoisotopic (exact) mass is 528 g/mol. The second kappa shape index (κ2) is 13.6. The average Bonchev–Trinajstić information content (AvgIpc) is 2.78. The zero-order valence-electron chi connectivity index (χ0n) is 22.0. The molecule has 3 N–H and O–H groups in total. The summed E-state index contributed by atoms with van der Waals surface area (Å²) in [6.07, 6.45) is -0.0296. The Balaban J connectivity index is 3.33. The van der Waals surface area contributed by atoms with Gasteiger partial charge in [-0.15, -0.1) is 0 Å². The van der Waals surface area contributed by atoms with Gasteiger partial charge in [0.2, 0.25) is 5.91 Å². The molecule has 0 heterocycles. The number of benzene rings is 1. The number of hydrazine groups is 1. The molecule has 1 unspecified atom stereocenters. The molecule has 0 spiro atoms. The molecule has 1 aromatic carbocycles. The maximum Gasteiger partial charge on any atom is 0.425 e. The third kappa shape index (κ3) is 9.77. The first-order chi connectivity index (χ1) is 16.6. The molecular formula is C25H40N2O8S. The molecule has 0 radical (unpaired) electrons. The SMILES string of the molecule is COC(=O)[C@H](C)Cc1ccccc1C(CCC(C)(C)CS(=O)(=O)CCO)[C@@H](C)C(=O)NN(C)C(=O)O. The largest absolute Gasteiger partial charge is 0.469 e. The van der Waals surface area contributed by atoms with Crippen LogP contribution in [-0.2, 0) is 30.6 Å². The average molecular weight is 529 g/mol. The Bertz CT molecular complexity index is 1010. The summed E-state index contributed by atoms with van der Waals surface area (Å²) in [6, 6.07) is 7.44. The van der Waals surface area contributed by atoms with Crippen molar-refractivity contribution in [3.63, 3.8) is 0 Å². The number of nitrogens with zero attached hydrogens (tertiary/aromatic N) is 1. The molecule has 36 heavy (non-hydrogen) atoms. The minimum Gasteiger partial charge on any atom is -0.469 e. The third-order valence-electron chi connectivity index (χ3n) is 6.31. The number of amides is 2. The van der Waals surface area contributed by atoms with E-state index in [9.17, 15) is 22.8 Å². The number of hydrogen-bond donors (Lipinski definition) is 3. The summed E-state index contributed by atoms with van der Waals surface area (Å²) in [5.41, 5.74) is 3.43. The van der Waals surface area contributed by atoms with Crippen LogP contribution in [-0.4, -0.2) is 73.9 Å². The highest BCUT2D eigenvalue weighted by Gasteiger charge is 2.33. The van der Waals surface area contributed by atoms with Gasteiger partial charge in [0.1, 0.15) is 0 Å². The summed E-state index contributed by atoms with van der Waals surface area (Å²) in [5.74, 6) is -2.74. The molecule has 0 aromatic heterocycles. The smallest absolute Gasteiger partial charge is 0.425 e. The van der Waals surface area contributed by atoms with Crippen LogP contribution >= 0.6 is 0 Å². The van der Waals surface area contributed by atoms with Crippen molar-refractivity contribution in [3.05, 3.63) is 35.4 Å². The van der Waals surface area contributed by atoms with Crippen molar-refractivity contribution in [2.75, 3.05) is 32.3 Å². The molecule has 0 bridgehead atoms. The van der Waals surface area contributed by atoms with E-state index in [1.165, 1.54) is 14.2 Å². The molecule has 0 aliphatic rings. The van der Waals surface area contributed by atoms with Gasteiger partial charge in [-0.05, 0) is 41.7 Å². The molecule has 0 saturated carbocycles. The number of ether oxygens (including phenoxy) is 1. The first-order valence-corrected chi connectivity index (χ1v) is 13.7. The van der Waals surface area contributed by atoms with E-state index in [1.807, 2.05) is 38.1 Å². The summed E-state index contributed by atoms with van der Waals surface area (Å²) in [4.78, 5) is 36.2. The van der Waals surface area contributed by atoms with Gasteiger partial charge in [-0.3, -0.25) is 15.0 Å². The van der Waals surface area contributed by atoms with E-state index in [4.69, 9.17) is 14.9 Å². The fraction of sp³-hybridized carbons (Fsp3) is 0.640. The zero-order chi connectivity index (χ0) is 27.7. The minimum atomic E-state index is -3.45. The Morgan fingerprint density at radius 2 is 1.78 bits per heavy atom. The lowest BCUT2D eigenvalue weighted by Gasteiger charge is -2.31. The van der Waals surface area contributed by atoms with Crippen molar-refractivity contribution in [1.82, 2.24) is 10.4 Å². The van der Waals surface area contributed by atoms with Gasteiger partial charge in [0.25, 0.3) is 0 Å². The number of methoxy groups -OCH3 is 1. The van der Waals surface area contributed by atoms with Crippen LogP contribution in [0, 0.1) is 17.3 Å². The number of sulfone groups is 1. The summed E-state index contributed by atoms with van der Waals surface area (Å²) in [7, 11) is -0.902. The van der Waals surface area contributed by atoms with E-state index in [1.54, 1.807) is 13.8 Å². The fourth-order valence-corrected chi connectivity index (χ4v) is 6.05. The Morgan fingerprint density at radius 3 is 2.33 bits per heavy atom. The molecule has 3 atom stereocenters. The predicted octanol–water partition coefficient (Wildman–Crippen LogP) is 2.61. The number of carbonyl (C=O) groups is 3.